The number of sulfonamides is 1. The Morgan fingerprint density at radius 3 is 2.68 bits per heavy atom. The number of amides is 1. The topological polar surface area (TPSA) is 118 Å². The summed E-state index contributed by atoms with van der Waals surface area (Å²) < 4.78 is 25.2. The van der Waals surface area contributed by atoms with Crippen molar-refractivity contribution >= 4 is 44.6 Å². The van der Waals surface area contributed by atoms with Crippen molar-refractivity contribution in [1.82, 2.24) is 10.0 Å². The third-order valence-electron chi connectivity index (χ3n) is 2.03. The number of nitrogens with zero attached hydrogens (tertiary/aromatic N) is 1. The molecule has 1 aromatic heterocycles. The van der Waals surface area contributed by atoms with Crippen molar-refractivity contribution in [2.45, 2.75) is 10.6 Å². The van der Waals surface area contributed by atoms with Crippen LogP contribution in [0.3, 0.4) is 0 Å². The van der Waals surface area contributed by atoms with E-state index in [4.69, 9.17) is 11.6 Å². The van der Waals surface area contributed by atoms with Crippen molar-refractivity contribution < 1.29 is 18.1 Å². The lowest BCUT2D eigenvalue weighted by Gasteiger charge is -2.03. The van der Waals surface area contributed by atoms with Crippen molar-refractivity contribution in [3.8, 4) is 0 Å². The summed E-state index contributed by atoms with van der Waals surface area (Å²) in [7, 11) is -2.47. The molecule has 2 N–H and O–H groups in total. The molecule has 1 aromatic rings. The monoisotopic (exact) mass is 327 g/mol. The van der Waals surface area contributed by atoms with Crippen LogP contribution >= 0.6 is 22.9 Å². The van der Waals surface area contributed by atoms with Crippen LogP contribution in [-0.2, 0) is 14.8 Å². The van der Waals surface area contributed by atoms with Crippen LogP contribution in [0.25, 0.3) is 0 Å². The van der Waals surface area contributed by atoms with Crippen LogP contribution < -0.4 is 10.0 Å². The number of carbonyl (C=O) groups is 1. The normalized spacial score (nSPS) is 11.3. The summed E-state index contributed by atoms with van der Waals surface area (Å²) in [6, 6.07) is 0.884. The van der Waals surface area contributed by atoms with Gasteiger partial charge in [-0.15, -0.1) is 11.3 Å². The van der Waals surface area contributed by atoms with Gasteiger partial charge in [-0.1, -0.05) is 11.6 Å². The lowest BCUT2D eigenvalue weighted by Crippen LogP contribution is -2.28. The van der Waals surface area contributed by atoms with Crippen LogP contribution in [0.15, 0.2) is 10.3 Å². The smallest absolute Gasteiger partial charge is 0.300 e. The van der Waals surface area contributed by atoms with Gasteiger partial charge in [0.05, 0.1) is 4.92 Å². The van der Waals surface area contributed by atoms with Crippen LogP contribution in [-0.4, -0.2) is 32.8 Å². The van der Waals surface area contributed by atoms with Crippen LogP contribution in [0, 0.1) is 10.1 Å². The highest BCUT2D eigenvalue weighted by Crippen LogP contribution is 2.35. The van der Waals surface area contributed by atoms with E-state index < -0.39 is 20.6 Å². The SMILES string of the molecule is CNC(=O)CCNS(=O)(=O)c1cc([N+](=O)[O-])c(Cl)s1. The lowest BCUT2D eigenvalue weighted by atomic mass is 10.4. The van der Waals surface area contributed by atoms with E-state index in [0.717, 1.165) is 6.07 Å². The number of hydrogen-bond acceptors (Lipinski definition) is 6. The summed E-state index contributed by atoms with van der Waals surface area (Å²) in [5.74, 6) is -0.321. The van der Waals surface area contributed by atoms with Crippen LogP contribution in [0.4, 0.5) is 5.69 Å². The van der Waals surface area contributed by atoms with Gasteiger partial charge in [0.15, 0.2) is 4.34 Å². The van der Waals surface area contributed by atoms with Crippen LogP contribution in [0.2, 0.25) is 4.34 Å². The predicted octanol–water partition coefficient (Wildman–Crippen LogP) is 0.724. The minimum absolute atomic E-state index is 0.0308. The molecule has 0 atom stereocenters. The Balaban J connectivity index is 2.80. The lowest BCUT2D eigenvalue weighted by molar-refractivity contribution is -0.384. The zero-order chi connectivity index (χ0) is 14.6. The average molecular weight is 328 g/mol. The molecule has 0 aliphatic carbocycles. The van der Waals surface area contributed by atoms with Crippen LogP contribution in [0.5, 0.6) is 0 Å². The molecule has 0 aromatic carbocycles. The maximum Gasteiger partial charge on any atom is 0.300 e. The number of rotatable bonds is 6. The fourth-order valence-corrected chi connectivity index (χ4v) is 3.83. The van der Waals surface area contributed by atoms with Gasteiger partial charge in [-0.25, -0.2) is 13.1 Å². The summed E-state index contributed by atoms with van der Waals surface area (Å²) in [5.41, 5.74) is -0.460. The molecule has 0 unspecified atom stereocenters. The molecule has 0 spiro atoms. The molecule has 19 heavy (non-hydrogen) atoms. The molecule has 1 heterocycles. The second kappa shape index (κ2) is 6.28. The van der Waals surface area contributed by atoms with E-state index in [9.17, 15) is 23.3 Å². The van der Waals surface area contributed by atoms with E-state index in [2.05, 4.69) is 10.0 Å². The minimum atomic E-state index is -3.90. The van der Waals surface area contributed by atoms with Crippen molar-refractivity contribution in [2.24, 2.45) is 0 Å². The summed E-state index contributed by atoms with van der Waals surface area (Å²) in [6.07, 6.45) is -0.0308. The number of hydrogen-bond donors (Lipinski definition) is 2. The van der Waals surface area contributed by atoms with E-state index >= 15 is 0 Å². The molecule has 0 bridgehead atoms. The Kier molecular flexibility index (Phi) is 5.23. The fourth-order valence-electron chi connectivity index (χ4n) is 1.09. The fraction of sp³-hybridized carbons (Fsp3) is 0.375. The van der Waals surface area contributed by atoms with E-state index in [-0.39, 0.29) is 27.4 Å². The first-order valence-corrected chi connectivity index (χ1v) is 7.59. The number of halogens is 1. The van der Waals surface area contributed by atoms with Crippen LogP contribution in [0.1, 0.15) is 6.42 Å². The van der Waals surface area contributed by atoms with Gasteiger partial charge in [0.2, 0.25) is 15.9 Å². The quantitative estimate of drug-likeness (QED) is 0.589. The molecule has 0 radical (unpaired) electrons. The highest BCUT2D eigenvalue weighted by atomic mass is 35.5. The first kappa shape index (κ1) is 15.8. The van der Waals surface area contributed by atoms with Gasteiger partial charge in [0.25, 0.3) is 5.69 Å². The van der Waals surface area contributed by atoms with E-state index in [1.165, 1.54) is 7.05 Å². The van der Waals surface area contributed by atoms with Gasteiger partial charge >= 0.3 is 0 Å². The zero-order valence-corrected chi connectivity index (χ0v) is 12.1. The average Bonchev–Trinajstić information content (AvgIpc) is 2.71. The summed E-state index contributed by atoms with van der Waals surface area (Å²) in [5, 5.41) is 12.9. The highest BCUT2D eigenvalue weighted by Gasteiger charge is 2.24. The molecule has 8 nitrogen and oxygen atoms in total. The van der Waals surface area contributed by atoms with Crippen molar-refractivity contribution in [3.05, 3.63) is 20.5 Å². The maximum atomic E-state index is 11.8. The van der Waals surface area contributed by atoms with Crippen molar-refractivity contribution in [1.29, 1.82) is 0 Å². The van der Waals surface area contributed by atoms with Crippen molar-refractivity contribution in [3.63, 3.8) is 0 Å². The number of carbonyl (C=O) groups excluding carboxylic acids is 1. The van der Waals surface area contributed by atoms with E-state index in [0.29, 0.717) is 11.3 Å². The molecule has 11 heteroatoms. The second-order valence-electron chi connectivity index (χ2n) is 3.30. The highest BCUT2D eigenvalue weighted by molar-refractivity contribution is 7.91. The molecule has 0 saturated heterocycles. The standard InChI is InChI=1S/C8H10ClN3O5S2/c1-10-6(13)2-3-11-19(16,17)7-4-5(12(14)15)8(9)18-7/h4,11H,2-3H2,1H3,(H,10,13). The molecule has 106 valence electrons. The Morgan fingerprint density at radius 2 is 2.21 bits per heavy atom. The van der Waals surface area contributed by atoms with Gasteiger partial charge in [0, 0.05) is 26.1 Å². The maximum absolute atomic E-state index is 11.8. The first-order valence-electron chi connectivity index (χ1n) is 4.92. The molecular formula is C8H10ClN3O5S2. The first-order chi connectivity index (χ1) is 8.77. The summed E-state index contributed by atoms with van der Waals surface area (Å²) >= 11 is 6.16. The number of nitro groups is 1. The number of thiophene rings is 1. The minimum Gasteiger partial charge on any atom is -0.359 e. The Bertz CT molecular complexity index is 598. The molecule has 1 rings (SSSR count). The second-order valence-corrected chi connectivity index (χ2v) is 6.95. The summed E-state index contributed by atoms with van der Waals surface area (Å²) in [6.45, 7) is -0.106. The molecule has 0 fully saturated rings. The third kappa shape index (κ3) is 4.13. The van der Waals surface area contributed by atoms with E-state index in [1.807, 2.05) is 0 Å². The molecule has 0 saturated carbocycles. The molecule has 1 amide bonds. The predicted molar refractivity (Wildman–Crippen MR) is 69.9 cm³/mol. The van der Waals surface area contributed by atoms with Gasteiger partial charge in [-0.2, -0.15) is 0 Å². The third-order valence-corrected chi connectivity index (χ3v) is 5.30. The molecular weight excluding hydrogens is 318 g/mol. The molecule has 0 aliphatic heterocycles. The van der Waals surface area contributed by atoms with Gasteiger partial charge in [-0.3, -0.25) is 14.9 Å². The van der Waals surface area contributed by atoms with Gasteiger partial charge in [-0.05, 0) is 0 Å². The van der Waals surface area contributed by atoms with E-state index in [1.54, 1.807) is 0 Å². The van der Waals surface area contributed by atoms with Crippen molar-refractivity contribution in [2.75, 3.05) is 13.6 Å². The Hall–Kier alpha value is -1.23. The number of nitrogens with one attached hydrogen (secondary N) is 2. The molecule has 0 aliphatic rings. The Labute approximate surface area is 118 Å². The van der Waals surface area contributed by atoms with Gasteiger partial charge < -0.3 is 5.32 Å². The Morgan fingerprint density at radius 1 is 1.58 bits per heavy atom. The summed E-state index contributed by atoms with van der Waals surface area (Å²) in [4.78, 5) is 20.7. The largest absolute Gasteiger partial charge is 0.359 e. The van der Waals surface area contributed by atoms with Gasteiger partial charge in [0.1, 0.15) is 4.21 Å². The zero-order valence-electron chi connectivity index (χ0n) is 9.67.